The van der Waals surface area contributed by atoms with Crippen molar-refractivity contribution in [2.45, 2.75) is 45.8 Å². The lowest BCUT2D eigenvalue weighted by atomic mass is 9.93. The number of nitrogens with zero attached hydrogens (tertiary/aromatic N) is 1. The highest BCUT2D eigenvalue weighted by Gasteiger charge is 2.22. The van der Waals surface area contributed by atoms with E-state index in [1.807, 2.05) is 11.3 Å². The maximum Gasteiger partial charge on any atom is 0.0330 e. The Hall–Kier alpha value is -0.380. The van der Waals surface area contributed by atoms with Crippen molar-refractivity contribution in [3.8, 4) is 0 Å². The molecule has 3 heteroatoms. The molecule has 2 rings (SSSR count). The number of hydrogen-bond donors (Lipinski definition) is 1. The average Bonchev–Trinajstić information content (AvgIpc) is 2.70. The van der Waals surface area contributed by atoms with Crippen LogP contribution in [0.15, 0.2) is 12.1 Å². The van der Waals surface area contributed by atoms with E-state index in [4.69, 9.17) is 5.73 Å². The summed E-state index contributed by atoms with van der Waals surface area (Å²) < 4.78 is 0. The summed E-state index contributed by atoms with van der Waals surface area (Å²) in [6, 6.07) is 5.13. The van der Waals surface area contributed by atoms with Gasteiger partial charge in [-0.2, -0.15) is 0 Å². The predicted molar refractivity (Wildman–Crippen MR) is 70.5 cm³/mol. The van der Waals surface area contributed by atoms with Crippen molar-refractivity contribution in [3.63, 3.8) is 0 Å². The highest BCUT2D eigenvalue weighted by atomic mass is 32.1. The zero-order chi connectivity index (χ0) is 11.5. The fraction of sp³-hybridized carbons (Fsp3) is 0.692. The van der Waals surface area contributed by atoms with Crippen LogP contribution >= 0.6 is 11.3 Å². The molecule has 0 saturated carbocycles. The molecule has 1 aromatic rings. The molecule has 0 amide bonds. The highest BCUT2D eigenvalue weighted by Crippen LogP contribution is 2.25. The van der Waals surface area contributed by atoms with Gasteiger partial charge in [0.15, 0.2) is 0 Å². The maximum absolute atomic E-state index is 5.64. The lowest BCUT2D eigenvalue weighted by Gasteiger charge is -2.36. The van der Waals surface area contributed by atoms with E-state index < -0.39 is 0 Å². The van der Waals surface area contributed by atoms with Crippen molar-refractivity contribution in [2.75, 3.05) is 6.54 Å². The van der Waals surface area contributed by atoms with E-state index in [0.29, 0.717) is 6.54 Å². The summed E-state index contributed by atoms with van der Waals surface area (Å²) in [5, 5.41) is 0. The van der Waals surface area contributed by atoms with Gasteiger partial charge in [-0.3, -0.25) is 4.90 Å². The third-order valence-corrected chi connectivity index (χ3v) is 4.65. The molecule has 2 N–H and O–H groups in total. The van der Waals surface area contributed by atoms with Crippen molar-refractivity contribution < 1.29 is 0 Å². The average molecular weight is 238 g/mol. The lowest BCUT2D eigenvalue weighted by Crippen LogP contribution is -2.39. The van der Waals surface area contributed by atoms with E-state index >= 15 is 0 Å². The largest absolute Gasteiger partial charge is 0.326 e. The van der Waals surface area contributed by atoms with Crippen LogP contribution in [-0.2, 0) is 13.1 Å². The molecule has 1 aromatic heterocycles. The Kier molecular flexibility index (Phi) is 4.00. The Bertz CT molecular complexity index is 334. The van der Waals surface area contributed by atoms with Gasteiger partial charge in [0, 0.05) is 28.9 Å². The van der Waals surface area contributed by atoms with E-state index in [2.05, 4.69) is 30.9 Å². The zero-order valence-corrected chi connectivity index (χ0v) is 11.1. The lowest BCUT2D eigenvalue weighted by molar-refractivity contribution is 0.123. The number of piperidine rings is 1. The molecular formula is C13H22N2S. The fourth-order valence-corrected chi connectivity index (χ4v) is 3.43. The van der Waals surface area contributed by atoms with Gasteiger partial charge in [-0.1, -0.05) is 6.92 Å². The summed E-state index contributed by atoms with van der Waals surface area (Å²) in [7, 11) is 0. The molecule has 2 atom stereocenters. The van der Waals surface area contributed by atoms with Crippen molar-refractivity contribution >= 4 is 11.3 Å². The van der Waals surface area contributed by atoms with Crippen LogP contribution in [0.25, 0.3) is 0 Å². The van der Waals surface area contributed by atoms with Crippen molar-refractivity contribution in [3.05, 3.63) is 21.9 Å². The van der Waals surface area contributed by atoms with Gasteiger partial charge in [0.1, 0.15) is 0 Å². The van der Waals surface area contributed by atoms with Crippen LogP contribution in [-0.4, -0.2) is 17.5 Å². The van der Waals surface area contributed by atoms with Crippen LogP contribution in [0.1, 0.15) is 36.4 Å². The molecule has 1 saturated heterocycles. The Morgan fingerprint density at radius 3 is 2.75 bits per heavy atom. The first-order valence-corrected chi connectivity index (χ1v) is 7.02. The molecule has 0 bridgehead atoms. The van der Waals surface area contributed by atoms with Gasteiger partial charge in [-0.05, 0) is 44.4 Å². The Morgan fingerprint density at radius 1 is 1.38 bits per heavy atom. The monoisotopic (exact) mass is 238 g/mol. The number of hydrogen-bond acceptors (Lipinski definition) is 3. The topological polar surface area (TPSA) is 29.3 Å². The third kappa shape index (κ3) is 2.84. The second-order valence-electron chi connectivity index (χ2n) is 5.02. The minimum atomic E-state index is 0.678. The molecule has 0 radical (unpaired) electrons. The van der Waals surface area contributed by atoms with Crippen LogP contribution in [0.2, 0.25) is 0 Å². The SMILES string of the molecule is CC1CCN(Cc2ccc(CN)s2)C(C)C1. The van der Waals surface area contributed by atoms with E-state index in [9.17, 15) is 0 Å². The van der Waals surface area contributed by atoms with Crippen LogP contribution in [0.5, 0.6) is 0 Å². The molecule has 90 valence electrons. The van der Waals surface area contributed by atoms with Crippen LogP contribution < -0.4 is 5.73 Å². The molecule has 0 aliphatic carbocycles. The first kappa shape index (κ1) is 12.1. The standard InChI is InChI=1S/C13H22N2S/c1-10-5-6-15(11(2)7-10)9-13-4-3-12(8-14)16-13/h3-4,10-11H,5-9,14H2,1-2H3. The van der Waals surface area contributed by atoms with Gasteiger partial charge < -0.3 is 5.73 Å². The summed E-state index contributed by atoms with van der Waals surface area (Å²) in [6.45, 7) is 7.76. The number of thiophene rings is 1. The van der Waals surface area contributed by atoms with Crippen LogP contribution in [0, 0.1) is 5.92 Å². The Balaban J connectivity index is 1.93. The van der Waals surface area contributed by atoms with Gasteiger partial charge in [-0.25, -0.2) is 0 Å². The van der Waals surface area contributed by atoms with Crippen molar-refractivity contribution in [1.82, 2.24) is 4.90 Å². The maximum atomic E-state index is 5.64. The van der Waals surface area contributed by atoms with E-state index in [0.717, 1.165) is 18.5 Å². The molecule has 1 fully saturated rings. The number of likely N-dealkylation sites (tertiary alicyclic amines) is 1. The van der Waals surface area contributed by atoms with Crippen LogP contribution in [0.4, 0.5) is 0 Å². The molecule has 1 aliphatic heterocycles. The number of rotatable bonds is 3. The molecular weight excluding hydrogens is 216 g/mol. The molecule has 2 heterocycles. The summed E-state index contributed by atoms with van der Waals surface area (Å²) in [4.78, 5) is 5.36. The van der Waals surface area contributed by atoms with Crippen molar-refractivity contribution in [2.24, 2.45) is 11.7 Å². The highest BCUT2D eigenvalue weighted by molar-refractivity contribution is 7.11. The van der Waals surface area contributed by atoms with Crippen molar-refractivity contribution in [1.29, 1.82) is 0 Å². The summed E-state index contributed by atoms with van der Waals surface area (Å²) in [6.07, 6.45) is 2.69. The number of nitrogens with two attached hydrogens (primary N) is 1. The fourth-order valence-electron chi connectivity index (χ4n) is 2.51. The zero-order valence-electron chi connectivity index (χ0n) is 10.3. The quantitative estimate of drug-likeness (QED) is 0.877. The second kappa shape index (κ2) is 5.30. The molecule has 0 aromatic carbocycles. The molecule has 16 heavy (non-hydrogen) atoms. The Morgan fingerprint density at radius 2 is 2.12 bits per heavy atom. The second-order valence-corrected chi connectivity index (χ2v) is 6.27. The van der Waals surface area contributed by atoms with Gasteiger partial charge >= 0.3 is 0 Å². The molecule has 0 spiro atoms. The first-order valence-electron chi connectivity index (χ1n) is 6.20. The minimum Gasteiger partial charge on any atom is -0.326 e. The van der Waals surface area contributed by atoms with Crippen LogP contribution in [0.3, 0.4) is 0 Å². The predicted octanol–water partition coefficient (Wildman–Crippen LogP) is 2.83. The smallest absolute Gasteiger partial charge is 0.0330 e. The van der Waals surface area contributed by atoms with Gasteiger partial charge in [-0.15, -0.1) is 11.3 Å². The minimum absolute atomic E-state index is 0.678. The van der Waals surface area contributed by atoms with E-state index in [1.165, 1.54) is 29.1 Å². The summed E-state index contributed by atoms with van der Waals surface area (Å²) in [5.74, 6) is 0.897. The first-order chi connectivity index (χ1) is 7.69. The molecule has 2 nitrogen and oxygen atoms in total. The van der Waals surface area contributed by atoms with E-state index in [1.54, 1.807) is 0 Å². The van der Waals surface area contributed by atoms with Gasteiger partial charge in [0.25, 0.3) is 0 Å². The summed E-state index contributed by atoms with van der Waals surface area (Å²) in [5.41, 5.74) is 5.64. The third-order valence-electron chi connectivity index (χ3n) is 3.55. The van der Waals surface area contributed by atoms with Gasteiger partial charge in [0.05, 0.1) is 0 Å². The summed E-state index contributed by atoms with van der Waals surface area (Å²) >= 11 is 1.86. The Labute approximate surface area is 102 Å². The van der Waals surface area contributed by atoms with Gasteiger partial charge in [0.2, 0.25) is 0 Å². The van der Waals surface area contributed by atoms with E-state index in [-0.39, 0.29) is 0 Å². The normalized spacial score (nSPS) is 27.2. The molecule has 1 aliphatic rings. The molecule has 2 unspecified atom stereocenters.